The van der Waals surface area contributed by atoms with Crippen LogP contribution in [0.5, 0.6) is 0 Å². The van der Waals surface area contributed by atoms with E-state index in [0.29, 0.717) is 18.4 Å². The van der Waals surface area contributed by atoms with E-state index in [1.165, 1.54) is 31.2 Å². The summed E-state index contributed by atoms with van der Waals surface area (Å²) in [5.41, 5.74) is 1.28. The number of hydrogen-bond acceptors (Lipinski definition) is 1. The number of amides is 2. The molecule has 0 aromatic heterocycles. The van der Waals surface area contributed by atoms with Crippen LogP contribution in [0.25, 0.3) is 0 Å². The average Bonchev–Trinajstić information content (AvgIpc) is 2.94. The molecule has 20 heavy (non-hydrogen) atoms. The van der Waals surface area contributed by atoms with Gasteiger partial charge in [0, 0.05) is 31.6 Å². The topological polar surface area (TPSA) is 32.3 Å². The molecule has 1 aromatic rings. The van der Waals surface area contributed by atoms with E-state index >= 15 is 0 Å². The maximum atomic E-state index is 11.7. The Kier molecular flexibility index (Phi) is 5.30. The van der Waals surface area contributed by atoms with Gasteiger partial charge < -0.3 is 10.2 Å². The molecule has 3 nitrogen and oxygen atoms in total. The molecule has 0 bridgehead atoms. The summed E-state index contributed by atoms with van der Waals surface area (Å²) in [5.74, 6) is 1.05. The highest BCUT2D eigenvalue weighted by molar-refractivity contribution is 6.30. The number of hydrogen-bond donors (Lipinski definition) is 1. The van der Waals surface area contributed by atoms with Gasteiger partial charge in [-0.1, -0.05) is 36.6 Å². The third kappa shape index (κ3) is 3.89. The molecule has 4 heteroatoms. The molecule has 1 atom stereocenters. The van der Waals surface area contributed by atoms with Crippen molar-refractivity contribution in [3.05, 3.63) is 34.9 Å². The average molecular weight is 295 g/mol. The molecule has 0 heterocycles. The van der Waals surface area contributed by atoms with Gasteiger partial charge in [0.25, 0.3) is 0 Å². The highest BCUT2D eigenvalue weighted by Crippen LogP contribution is 2.37. The fourth-order valence-electron chi connectivity index (χ4n) is 2.98. The molecule has 1 unspecified atom stereocenters. The van der Waals surface area contributed by atoms with Crippen molar-refractivity contribution in [2.75, 3.05) is 20.6 Å². The molecule has 0 saturated heterocycles. The number of benzene rings is 1. The Morgan fingerprint density at radius 2 is 1.90 bits per heavy atom. The highest BCUT2D eigenvalue weighted by Gasteiger charge is 2.26. The van der Waals surface area contributed by atoms with Gasteiger partial charge in [0.15, 0.2) is 0 Å². The summed E-state index contributed by atoms with van der Waals surface area (Å²) in [6, 6.07) is 8.03. The molecule has 0 spiro atoms. The van der Waals surface area contributed by atoms with Crippen LogP contribution in [-0.4, -0.2) is 31.6 Å². The maximum Gasteiger partial charge on any atom is 0.316 e. The largest absolute Gasteiger partial charge is 0.337 e. The summed E-state index contributed by atoms with van der Waals surface area (Å²) in [6.07, 6.45) is 5.11. The van der Waals surface area contributed by atoms with Crippen molar-refractivity contribution < 1.29 is 4.79 Å². The predicted molar refractivity (Wildman–Crippen MR) is 83.2 cm³/mol. The number of rotatable bonds is 4. The Balaban J connectivity index is 2.08. The summed E-state index contributed by atoms with van der Waals surface area (Å²) in [5, 5.41) is 3.79. The van der Waals surface area contributed by atoms with E-state index in [-0.39, 0.29) is 6.03 Å². The van der Waals surface area contributed by atoms with Crippen molar-refractivity contribution in [3.8, 4) is 0 Å². The smallest absolute Gasteiger partial charge is 0.316 e. The Morgan fingerprint density at radius 1 is 1.30 bits per heavy atom. The van der Waals surface area contributed by atoms with Crippen LogP contribution in [0.3, 0.4) is 0 Å². The van der Waals surface area contributed by atoms with Gasteiger partial charge in [-0.15, -0.1) is 0 Å². The molecule has 1 aliphatic carbocycles. The lowest BCUT2D eigenvalue weighted by atomic mass is 9.85. The van der Waals surface area contributed by atoms with Gasteiger partial charge in [0.05, 0.1) is 0 Å². The first kappa shape index (κ1) is 15.2. The minimum absolute atomic E-state index is 0.0260. The lowest BCUT2D eigenvalue weighted by Crippen LogP contribution is -2.38. The molecule has 0 aliphatic heterocycles. The molecule has 1 aliphatic rings. The standard InChI is InChI=1S/C16H23ClN2O/c1-19(2)16(20)18-11-15(12-5-3-4-6-12)13-7-9-14(17)10-8-13/h7-10,12,15H,3-6,11H2,1-2H3,(H,18,20). The minimum Gasteiger partial charge on any atom is -0.337 e. The lowest BCUT2D eigenvalue weighted by molar-refractivity contribution is 0.215. The number of carbonyl (C=O) groups excluding carboxylic acids is 1. The van der Waals surface area contributed by atoms with Gasteiger partial charge >= 0.3 is 6.03 Å². The third-order valence-electron chi connectivity index (χ3n) is 4.15. The van der Waals surface area contributed by atoms with E-state index in [1.54, 1.807) is 19.0 Å². The molecule has 1 N–H and O–H groups in total. The number of carbonyl (C=O) groups is 1. The molecule has 2 amide bonds. The Morgan fingerprint density at radius 3 is 2.45 bits per heavy atom. The maximum absolute atomic E-state index is 11.7. The molecular weight excluding hydrogens is 272 g/mol. The Labute approximate surface area is 126 Å². The molecular formula is C16H23ClN2O. The van der Waals surface area contributed by atoms with E-state index in [9.17, 15) is 4.79 Å². The van der Waals surface area contributed by atoms with Gasteiger partial charge in [0.2, 0.25) is 0 Å². The number of urea groups is 1. The highest BCUT2D eigenvalue weighted by atomic mass is 35.5. The first-order valence-corrected chi connectivity index (χ1v) is 7.66. The predicted octanol–water partition coefficient (Wildman–Crippen LogP) is 3.89. The van der Waals surface area contributed by atoms with Crippen molar-refractivity contribution in [2.45, 2.75) is 31.6 Å². The number of nitrogens with zero attached hydrogens (tertiary/aromatic N) is 1. The second-order valence-corrected chi connectivity index (χ2v) is 6.22. The quantitative estimate of drug-likeness (QED) is 0.898. The second-order valence-electron chi connectivity index (χ2n) is 5.78. The molecule has 1 aromatic carbocycles. The fourth-order valence-corrected chi connectivity index (χ4v) is 3.11. The summed E-state index contributed by atoms with van der Waals surface area (Å²) in [4.78, 5) is 13.3. The van der Waals surface area contributed by atoms with Crippen molar-refractivity contribution >= 4 is 17.6 Å². The monoisotopic (exact) mass is 294 g/mol. The van der Waals surface area contributed by atoms with E-state index in [2.05, 4.69) is 17.4 Å². The van der Waals surface area contributed by atoms with Crippen molar-refractivity contribution in [3.63, 3.8) is 0 Å². The van der Waals surface area contributed by atoms with Crippen molar-refractivity contribution in [1.29, 1.82) is 0 Å². The molecule has 0 radical (unpaired) electrons. The van der Waals surface area contributed by atoms with Crippen LogP contribution in [-0.2, 0) is 0 Å². The van der Waals surface area contributed by atoms with Gasteiger partial charge in [0.1, 0.15) is 0 Å². The van der Waals surface area contributed by atoms with Crippen LogP contribution in [0.1, 0.15) is 37.2 Å². The summed E-state index contributed by atoms with van der Waals surface area (Å²) >= 11 is 5.97. The summed E-state index contributed by atoms with van der Waals surface area (Å²) in [6.45, 7) is 0.698. The van der Waals surface area contributed by atoms with Crippen LogP contribution in [0, 0.1) is 5.92 Å². The molecule has 1 saturated carbocycles. The van der Waals surface area contributed by atoms with Gasteiger partial charge in [-0.25, -0.2) is 4.79 Å². The zero-order valence-electron chi connectivity index (χ0n) is 12.2. The zero-order valence-corrected chi connectivity index (χ0v) is 13.0. The number of halogens is 1. The van der Waals surface area contributed by atoms with Crippen molar-refractivity contribution in [2.24, 2.45) is 5.92 Å². The molecule has 1 fully saturated rings. The number of nitrogens with one attached hydrogen (secondary N) is 1. The van der Waals surface area contributed by atoms with Gasteiger partial charge in [-0.05, 0) is 36.5 Å². The Bertz CT molecular complexity index is 438. The van der Waals surface area contributed by atoms with Crippen molar-refractivity contribution in [1.82, 2.24) is 10.2 Å². The lowest BCUT2D eigenvalue weighted by Gasteiger charge is -2.25. The third-order valence-corrected chi connectivity index (χ3v) is 4.40. The fraction of sp³-hybridized carbons (Fsp3) is 0.562. The first-order chi connectivity index (χ1) is 9.58. The van der Waals surface area contributed by atoms with Crippen LogP contribution in [0.4, 0.5) is 4.79 Å². The first-order valence-electron chi connectivity index (χ1n) is 7.28. The SMILES string of the molecule is CN(C)C(=O)NCC(c1ccc(Cl)cc1)C1CCCC1. The van der Waals surface area contributed by atoms with Crippen LogP contribution in [0.2, 0.25) is 5.02 Å². The van der Waals surface area contributed by atoms with Gasteiger partial charge in [-0.3, -0.25) is 0 Å². The zero-order chi connectivity index (χ0) is 14.5. The minimum atomic E-state index is -0.0260. The van der Waals surface area contributed by atoms with Gasteiger partial charge in [-0.2, -0.15) is 0 Å². The van der Waals surface area contributed by atoms with E-state index in [0.717, 1.165) is 5.02 Å². The van der Waals surface area contributed by atoms with Crippen LogP contribution >= 0.6 is 11.6 Å². The second kappa shape index (κ2) is 6.98. The van der Waals surface area contributed by atoms with E-state index in [1.807, 2.05) is 12.1 Å². The van der Waals surface area contributed by atoms with E-state index in [4.69, 9.17) is 11.6 Å². The van der Waals surface area contributed by atoms with Crippen LogP contribution in [0.15, 0.2) is 24.3 Å². The normalized spacial score (nSPS) is 16.9. The summed E-state index contributed by atoms with van der Waals surface area (Å²) < 4.78 is 0. The molecule has 110 valence electrons. The molecule has 2 rings (SSSR count). The summed E-state index contributed by atoms with van der Waals surface area (Å²) in [7, 11) is 3.53. The van der Waals surface area contributed by atoms with E-state index < -0.39 is 0 Å². The Hall–Kier alpha value is -1.22. The van der Waals surface area contributed by atoms with Crippen LogP contribution < -0.4 is 5.32 Å².